The zero-order valence-electron chi connectivity index (χ0n) is 11.4. The van der Waals surface area contributed by atoms with Crippen LogP contribution >= 0.6 is 0 Å². The molecule has 0 radical (unpaired) electrons. The summed E-state index contributed by atoms with van der Waals surface area (Å²) in [6.07, 6.45) is 0. The van der Waals surface area contributed by atoms with Crippen molar-refractivity contribution < 1.29 is 9.84 Å². The van der Waals surface area contributed by atoms with Crippen LogP contribution in [0, 0.1) is 0 Å². The Labute approximate surface area is 120 Å². The molecule has 6 heteroatoms. The van der Waals surface area contributed by atoms with Gasteiger partial charge in [0.15, 0.2) is 11.5 Å². The fourth-order valence-electron chi connectivity index (χ4n) is 2.18. The minimum Gasteiger partial charge on any atom is -0.504 e. The fourth-order valence-corrected chi connectivity index (χ4v) is 2.18. The molecule has 3 aromatic rings. The predicted molar refractivity (Wildman–Crippen MR) is 80.9 cm³/mol. The Hall–Kier alpha value is -2.89. The maximum absolute atomic E-state index is 11.2. The number of phenols is 1. The molecule has 108 valence electrons. The number of phenolic OH excluding ortho intramolecular Hbond substituents is 1. The highest BCUT2D eigenvalue weighted by molar-refractivity contribution is 5.78. The maximum Gasteiger partial charge on any atom is 0.323 e. The number of aromatic hydroxyl groups is 1. The summed E-state index contributed by atoms with van der Waals surface area (Å²) in [6.45, 7) is 0.580. The van der Waals surface area contributed by atoms with Crippen LogP contribution in [0.5, 0.6) is 11.5 Å². The van der Waals surface area contributed by atoms with Gasteiger partial charge in [0.25, 0.3) is 0 Å². The second kappa shape index (κ2) is 5.24. The van der Waals surface area contributed by atoms with E-state index in [-0.39, 0.29) is 11.4 Å². The number of benzene rings is 2. The number of H-pyrrole nitrogens is 2. The van der Waals surface area contributed by atoms with Gasteiger partial charge in [-0.2, -0.15) is 0 Å². The molecule has 0 aliphatic heterocycles. The van der Waals surface area contributed by atoms with Gasteiger partial charge >= 0.3 is 5.69 Å². The average Bonchev–Trinajstić information content (AvgIpc) is 2.85. The molecule has 1 aromatic heterocycles. The molecule has 6 nitrogen and oxygen atoms in total. The van der Waals surface area contributed by atoms with E-state index in [1.807, 2.05) is 24.3 Å². The number of aromatic nitrogens is 2. The van der Waals surface area contributed by atoms with E-state index in [2.05, 4.69) is 15.3 Å². The summed E-state index contributed by atoms with van der Waals surface area (Å²) in [4.78, 5) is 16.6. The van der Waals surface area contributed by atoms with E-state index in [1.54, 1.807) is 12.1 Å². The summed E-state index contributed by atoms with van der Waals surface area (Å²) < 4.78 is 5.08. The third-order valence-corrected chi connectivity index (χ3v) is 3.26. The Morgan fingerprint density at radius 3 is 2.76 bits per heavy atom. The number of fused-ring (bicyclic) bond motifs is 1. The molecule has 21 heavy (non-hydrogen) atoms. The van der Waals surface area contributed by atoms with Crippen molar-refractivity contribution in [2.45, 2.75) is 6.54 Å². The SMILES string of the molecule is COc1cc(CNc2ccc3[nH]c(=O)[nH]c3c2)ccc1O. The lowest BCUT2D eigenvalue weighted by molar-refractivity contribution is 0.373. The summed E-state index contributed by atoms with van der Waals surface area (Å²) in [5, 5.41) is 12.8. The topological polar surface area (TPSA) is 90.1 Å². The lowest BCUT2D eigenvalue weighted by Crippen LogP contribution is -2.00. The van der Waals surface area contributed by atoms with Gasteiger partial charge in [-0.05, 0) is 35.9 Å². The van der Waals surface area contributed by atoms with Crippen molar-refractivity contribution in [1.82, 2.24) is 9.97 Å². The van der Waals surface area contributed by atoms with Crippen LogP contribution in [0.3, 0.4) is 0 Å². The predicted octanol–water partition coefficient (Wildman–Crippen LogP) is 2.18. The molecule has 3 rings (SSSR count). The molecule has 0 saturated carbocycles. The van der Waals surface area contributed by atoms with Gasteiger partial charge in [-0.15, -0.1) is 0 Å². The molecule has 0 aliphatic rings. The van der Waals surface area contributed by atoms with Gasteiger partial charge in [0.1, 0.15) is 0 Å². The molecular weight excluding hydrogens is 270 g/mol. The molecule has 0 fully saturated rings. The molecule has 0 bridgehead atoms. The summed E-state index contributed by atoms with van der Waals surface area (Å²) in [7, 11) is 1.52. The average molecular weight is 285 g/mol. The van der Waals surface area contributed by atoms with Crippen LogP contribution in [0.25, 0.3) is 11.0 Å². The second-order valence-electron chi connectivity index (χ2n) is 4.70. The minimum atomic E-state index is -0.217. The minimum absolute atomic E-state index is 0.118. The van der Waals surface area contributed by atoms with Gasteiger partial charge in [0.05, 0.1) is 18.1 Å². The van der Waals surface area contributed by atoms with Crippen LogP contribution in [0.4, 0.5) is 5.69 Å². The lowest BCUT2D eigenvalue weighted by Gasteiger charge is -2.09. The third kappa shape index (κ3) is 2.69. The Bertz CT molecular complexity index is 836. The fraction of sp³-hybridized carbons (Fsp3) is 0.133. The standard InChI is InChI=1S/C15H15N3O3/c1-21-14-6-9(2-5-13(14)19)8-16-10-3-4-11-12(7-10)18-15(20)17-11/h2-7,16,19H,8H2,1H3,(H2,17,18,20). The van der Waals surface area contributed by atoms with Crippen LogP contribution < -0.4 is 15.7 Å². The summed E-state index contributed by atoms with van der Waals surface area (Å²) in [5.74, 6) is 0.562. The highest BCUT2D eigenvalue weighted by Crippen LogP contribution is 2.26. The quantitative estimate of drug-likeness (QED) is 0.591. The van der Waals surface area contributed by atoms with Crippen molar-refractivity contribution in [3.8, 4) is 11.5 Å². The normalized spacial score (nSPS) is 10.7. The number of nitrogens with one attached hydrogen (secondary N) is 3. The van der Waals surface area contributed by atoms with E-state index in [0.29, 0.717) is 12.3 Å². The highest BCUT2D eigenvalue weighted by Gasteiger charge is 2.03. The van der Waals surface area contributed by atoms with Crippen molar-refractivity contribution in [3.05, 3.63) is 52.4 Å². The highest BCUT2D eigenvalue weighted by atomic mass is 16.5. The van der Waals surface area contributed by atoms with Crippen LogP contribution in [0.15, 0.2) is 41.2 Å². The summed E-state index contributed by atoms with van der Waals surface area (Å²) >= 11 is 0. The Kier molecular flexibility index (Phi) is 3.27. The van der Waals surface area contributed by atoms with E-state index in [1.165, 1.54) is 7.11 Å². The zero-order valence-corrected chi connectivity index (χ0v) is 11.4. The van der Waals surface area contributed by atoms with Crippen LogP contribution in [-0.2, 0) is 6.54 Å². The molecule has 4 N–H and O–H groups in total. The van der Waals surface area contributed by atoms with Gasteiger partial charge < -0.3 is 25.1 Å². The van der Waals surface area contributed by atoms with E-state index >= 15 is 0 Å². The lowest BCUT2D eigenvalue weighted by atomic mass is 10.2. The molecule has 0 spiro atoms. The number of ether oxygens (including phenoxy) is 1. The first-order valence-corrected chi connectivity index (χ1v) is 6.47. The molecule has 0 saturated heterocycles. The van der Waals surface area contributed by atoms with Crippen molar-refractivity contribution >= 4 is 16.7 Å². The van der Waals surface area contributed by atoms with Crippen molar-refractivity contribution in [3.63, 3.8) is 0 Å². The summed E-state index contributed by atoms with van der Waals surface area (Å²) in [5.41, 5.74) is 3.19. The van der Waals surface area contributed by atoms with Gasteiger partial charge in [-0.3, -0.25) is 0 Å². The Morgan fingerprint density at radius 1 is 1.14 bits per heavy atom. The van der Waals surface area contributed by atoms with Crippen molar-refractivity contribution in [1.29, 1.82) is 0 Å². The number of methoxy groups -OCH3 is 1. The van der Waals surface area contributed by atoms with Gasteiger partial charge in [0, 0.05) is 12.2 Å². The van der Waals surface area contributed by atoms with Crippen molar-refractivity contribution in [2.75, 3.05) is 12.4 Å². The number of aromatic amines is 2. The zero-order chi connectivity index (χ0) is 14.8. The van der Waals surface area contributed by atoms with Gasteiger partial charge in [0.2, 0.25) is 0 Å². The van der Waals surface area contributed by atoms with E-state index in [9.17, 15) is 9.90 Å². The molecule has 1 heterocycles. The number of imidazole rings is 1. The monoisotopic (exact) mass is 285 g/mol. The molecule has 0 unspecified atom stereocenters. The maximum atomic E-state index is 11.2. The molecule has 0 atom stereocenters. The van der Waals surface area contributed by atoms with Crippen LogP contribution in [-0.4, -0.2) is 22.2 Å². The smallest absolute Gasteiger partial charge is 0.323 e. The van der Waals surface area contributed by atoms with Crippen LogP contribution in [0.1, 0.15) is 5.56 Å². The summed E-state index contributed by atoms with van der Waals surface area (Å²) in [6, 6.07) is 10.8. The van der Waals surface area contributed by atoms with E-state index < -0.39 is 0 Å². The Balaban J connectivity index is 1.78. The number of anilines is 1. The molecule has 0 amide bonds. The van der Waals surface area contributed by atoms with Gasteiger partial charge in [-0.1, -0.05) is 6.07 Å². The first-order chi connectivity index (χ1) is 10.2. The third-order valence-electron chi connectivity index (χ3n) is 3.26. The number of rotatable bonds is 4. The van der Waals surface area contributed by atoms with Crippen molar-refractivity contribution in [2.24, 2.45) is 0 Å². The van der Waals surface area contributed by atoms with Gasteiger partial charge in [-0.25, -0.2) is 4.79 Å². The number of hydrogen-bond acceptors (Lipinski definition) is 4. The van der Waals surface area contributed by atoms with Crippen LogP contribution in [0.2, 0.25) is 0 Å². The molecule has 0 aliphatic carbocycles. The first-order valence-electron chi connectivity index (χ1n) is 6.47. The molecular formula is C15H15N3O3. The largest absolute Gasteiger partial charge is 0.504 e. The second-order valence-corrected chi connectivity index (χ2v) is 4.70. The van der Waals surface area contributed by atoms with E-state index in [4.69, 9.17) is 4.74 Å². The number of hydrogen-bond donors (Lipinski definition) is 4. The molecule has 2 aromatic carbocycles. The first kappa shape index (κ1) is 13.1. The Morgan fingerprint density at radius 2 is 1.95 bits per heavy atom. The van der Waals surface area contributed by atoms with E-state index in [0.717, 1.165) is 22.3 Å².